The molecule has 4 fully saturated rings. The molecule has 0 amide bonds. The number of nitrogens with zero attached hydrogens (tertiary/aromatic N) is 2. The van der Waals surface area contributed by atoms with Crippen LogP contribution in [0.2, 0.25) is 0 Å². The molecule has 9 heteroatoms. The number of hydrogen-bond acceptors (Lipinski definition) is 5. The molecule has 3 saturated heterocycles. The SMILES string of the molecule is NC1C[C@@H](N2CC3CN(S(=O)(=O)C4CC4)C3C2)CO[C@@H]1c1cc(F)ccc1F. The summed E-state index contributed by atoms with van der Waals surface area (Å²) in [6, 6.07) is 3.01. The molecule has 154 valence electrons. The van der Waals surface area contributed by atoms with Crippen molar-refractivity contribution < 1.29 is 21.9 Å². The van der Waals surface area contributed by atoms with E-state index in [0.717, 1.165) is 37.6 Å². The van der Waals surface area contributed by atoms with E-state index in [4.69, 9.17) is 10.5 Å². The molecule has 28 heavy (non-hydrogen) atoms. The van der Waals surface area contributed by atoms with Crippen LogP contribution in [0, 0.1) is 17.6 Å². The minimum absolute atomic E-state index is 0.0558. The van der Waals surface area contributed by atoms with Crippen LogP contribution in [0.25, 0.3) is 0 Å². The van der Waals surface area contributed by atoms with Crippen molar-refractivity contribution in [3.63, 3.8) is 0 Å². The summed E-state index contributed by atoms with van der Waals surface area (Å²) >= 11 is 0. The monoisotopic (exact) mass is 413 g/mol. The van der Waals surface area contributed by atoms with Crippen LogP contribution in [-0.4, -0.2) is 67.2 Å². The van der Waals surface area contributed by atoms with Gasteiger partial charge in [0.25, 0.3) is 0 Å². The molecule has 5 atom stereocenters. The molecule has 0 spiro atoms. The summed E-state index contributed by atoms with van der Waals surface area (Å²) in [7, 11) is -3.13. The third-order valence-corrected chi connectivity index (χ3v) is 9.06. The van der Waals surface area contributed by atoms with Gasteiger partial charge < -0.3 is 10.5 Å². The van der Waals surface area contributed by atoms with Gasteiger partial charge in [-0.15, -0.1) is 0 Å². The molecule has 0 bridgehead atoms. The third-order valence-electron chi connectivity index (χ3n) is 6.67. The Morgan fingerprint density at radius 1 is 1.14 bits per heavy atom. The van der Waals surface area contributed by atoms with Crippen molar-refractivity contribution in [2.24, 2.45) is 11.7 Å². The molecule has 6 nitrogen and oxygen atoms in total. The third kappa shape index (κ3) is 3.08. The van der Waals surface area contributed by atoms with Gasteiger partial charge in [0.2, 0.25) is 10.0 Å². The molecule has 2 N–H and O–H groups in total. The number of benzene rings is 1. The van der Waals surface area contributed by atoms with Crippen LogP contribution in [0.5, 0.6) is 0 Å². The van der Waals surface area contributed by atoms with E-state index in [1.807, 2.05) is 0 Å². The molecule has 5 rings (SSSR count). The fraction of sp³-hybridized carbons (Fsp3) is 0.684. The molecule has 1 aromatic rings. The van der Waals surface area contributed by atoms with E-state index in [0.29, 0.717) is 32.0 Å². The van der Waals surface area contributed by atoms with E-state index < -0.39 is 33.8 Å². The molecule has 1 aliphatic carbocycles. The zero-order chi connectivity index (χ0) is 19.6. The lowest BCUT2D eigenvalue weighted by Gasteiger charge is -2.42. The first-order chi connectivity index (χ1) is 13.3. The van der Waals surface area contributed by atoms with Gasteiger partial charge in [-0.25, -0.2) is 17.2 Å². The Balaban J connectivity index is 1.23. The number of rotatable bonds is 4. The molecule has 1 aromatic carbocycles. The maximum absolute atomic E-state index is 14.1. The lowest BCUT2D eigenvalue weighted by Crippen LogP contribution is -2.58. The first-order valence-electron chi connectivity index (χ1n) is 9.91. The summed E-state index contributed by atoms with van der Waals surface area (Å²) in [5.74, 6) is -0.661. The van der Waals surface area contributed by atoms with Gasteiger partial charge >= 0.3 is 0 Å². The highest BCUT2D eigenvalue weighted by Crippen LogP contribution is 2.42. The Bertz CT molecular complexity index is 879. The van der Waals surface area contributed by atoms with E-state index in [1.165, 1.54) is 0 Å². The van der Waals surface area contributed by atoms with Gasteiger partial charge in [0.15, 0.2) is 0 Å². The van der Waals surface area contributed by atoms with Gasteiger partial charge in [0.1, 0.15) is 17.7 Å². The maximum Gasteiger partial charge on any atom is 0.217 e. The fourth-order valence-electron chi connectivity index (χ4n) is 4.92. The van der Waals surface area contributed by atoms with Crippen molar-refractivity contribution in [3.05, 3.63) is 35.4 Å². The predicted octanol–water partition coefficient (Wildman–Crippen LogP) is 1.23. The largest absolute Gasteiger partial charge is 0.370 e. The molecule has 1 saturated carbocycles. The first-order valence-corrected chi connectivity index (χ1v) is 11.4. The summed E-state index contributed by atoms with van der Waals surface area (Å²) < 4.78 is 60.2. The second-order valence-electron chi connectivity index (χ2n) is 8.57. The number of fused-ring (bicyclic) bond motifs is 1. The van der Waals surface area contributed by atoms with Gasteiger partial charge in [-0.2, -0.15) is 4.31 Å². The van der Waals surface area contributed by atoms with Gasteiger partial charge in [-0.1, -0.05) is 0 Å². The first kappa shape index (κ1) is 18.9. The van der Waals surface area contributed by atoms with Crippen LogP contribution < -0.4 is 5.73 Å². The van der Waals surface area contributed by atoms with Gasteiger partial charge in [-0.3, -0.25) is 4.90 Å². The molecular formula is C19H25F2N3O3S. The molecule has 0 aromatic heterocycles. The zero-order valence-electron chi connectivity index (χ0n) is 15.5. The lowest BCUT2D eigenvalue weighted by atomic mass is 9.93. The number of ether oxygens (including phenoxy) is 1. The topological polar surface area (TPSA) is 75.9 Å². The zero-order valence-corrected chi connectivity index (χ0v) is 16.3. The minimum atomic E-state index is -3.13. The summed E-state index contributed by atoms with van der Waals surface area (Å²) in [6.45, 7) is 2.51. The normalized spacial score (nSPS) is 36.9. The highest BCUT2D eigenvalue weighted by molar-refractivity contribution is 7.90. The molecule has 3 aliphatic heterocycles. The van der Waals surface area contributed by atoms with Crippen molar-refractivity contribution in [3.8, 4) is 0 Å². The van der Waals surface area contributed by atoms with Crippen molar-refractivity contribution in [2.45, 2.75) is 48.7 Å². The number of hydrogen-bond donors (Lipinski definition) is 1. The van der Waals surface area contributed by atoms with Crippen LogP contribution in [0.3, 0.4) is 0 Å². The average molecular weight is 413 g/mol. The van der Waals surface area contributed by atoms with Gasteiger partial charge in [0.05, 0.1) is 11.9 Å². The van der Waals surface area contributed by atoms with Crippen molar-refractivity contribution in [2.75, 3.05) is 26.2 Å². The van der Waals surface area contributed by atoms with Gasteiger partial charge in [-0.05, 0) is 37.5 Å². The van der Waals surface area contributed by atoms with E-state index >= 15 is 0 Å². The lowest BCUT2D eigenvalue weighted by molar-refractivity contribution is -0.0474. The van der Waals surface area contributed by atoms with Crippen LogP contribution in [0.4, 0.5) is 8.78 Å². The maximum atomic E-state index is 14.1. The molecule has 4 aliphatic rings. The number of likely N-dealkylation sites (tertiary alicyclic amines) is 1. The van der Waals surface area contributed by atoms with E-state index in [9.17, 15) is 17.2 Å². The van der Waals surface area contributed by atoms with E-state index in [-0.39, 0.29) is 22.9 Å². The van der Waals surface area contributed by atoms with Crippen molar-refractivity contribution >= 4 is 10.0 Å². The standard InChI is InChI=1S/C19H25F2N3O3S/c20-12-1-4-16(21)15(5-12)19-17(22)6-13(10-27-19)23-7-11-8-24(18(11)9-23)28(25,26)14-2-3-14/h1,4-5,11,13-14,17-19H,2-3,6-10,22H2/t11?,13-,17?,18?,19-/m1/s1. The molecule has 3 heterocycles. The van der Waals surface area contributed by atoms with Crippen molar-refractivity contribution in [1.82, 2.24) is 9.21 Å². The quantitative estimate of drug-likeness (QED) is 0.804. The molecule has 3 unspecified atom stereocenters. The van der Waals surface area contributed by atoms with E-state index in [1.54, 1.807) is 4.31 Å². The summed E-state index contributed by atoms with van der Waals surface area (Å²) in [5.41, 5.74) is 6.43. The Hall–Kier alpha value is -1.13. The Kier molecular flexibility index (Phi) is 4.52. The van der Waals surface area contributed by atoms with Crippen LogP contribution in [0.1, 0.15) is 30.9 Å². The molecular weight excluding hydrogens is 388 g/mol. The number of nitrogens with two attached hydrogens (primary N) is 1. The number of sulfonamides is 1. The number of halogens is 2. The minimum Gasteiger partial charge on any atom is -0.370 e. The van der Waals surface area contributed by atoms with Crippen LogP contribution in [-0.2, 0) is 14.8 Å². The van der Waals surface area contributed by atoms with Crippen LogP contribution in [0.15, 0.2) is 18.2 Å². The smallest absolute Gasteiger partial charge is 0.217 e. The highest BCUT2D eigenvalue weighted by Gasteiger charge is 2.55. The second-order valence-corrected chi connectivity index (χ2v) is 10.7. The molecule has 0 radical (unpaired) electrons. The average Bonchev–Trinajstić information content (AvgIpc) is 3.44. The van der Waals surface area contributed by atoms with Crippen LogP contribution >= 0.6 is 0 Å². The Labute approximate surface area is 163 Å². The van der Waals surface area contributed by atoms with Gasteiger partial charge in [0, 0.05) is 49.2 Å². The fourth-order valence-corrected chi connectivity index (χ4v) is 7.05. The summed E-state index contributed by atoms with van der Waals surface area (Å²) in [5, 5.41) is -0.171. The predicted molar refractivity (Wildman–Crippen MR) is 98.9 cm³/mol. The Morgan fingerprint density at radius 2 is 1.93 bits per heavy atom. The van der Waals surface area contributed by atoms with Crippen molar-refractivity contribution in [1.29, 1.82) is 0 Å². The van der Waals surface area contributed by atoms with E-state index in [2.05, 4.69) is 4.90 Å². The summed E-state index contributed by atoms with van der Waals surface area (Å²) in [4.78, 5) is 2.26. The Morgan fingerprint density at radius 3 is 2.64 bits per heavy atom. The second kappa shape index (κ2) is 6.70. The highest BCUT2D eigenvalue weighted by atomic mass is 32.2. The summed E-state index contributed by atoms with van der Waals surface area (Å²) in [6.07, 6.45) is 1.50.